The summed E-state index contributed by atoms with van der Waals surface area (Å²) in [5, 5.41) is 19.9. The maximum Gasteiger partial charge on any atom is 0.269 e. The highest BCUT2D eigenvalue weighted by molar-refractivity contribution is 5.95. The molecule has 0 radical (unpaired) electrons. The first-order chi connectivity index (χ1) is 10.1. The summed E-state index contributed by atoms with van der Waals surface area (Å²) in [6.45, 7) is 2.17. The largest absolute Gasteiger partial charge is 0.352 e. The molecule has 1 amide bonds. The molecule has 1 aromatic heterocycles. The number of amides is 1. The van der Waals surface area contributed by atoms with Crippen LogP contribution >= 0.6 is 0 Å². The number of non-ortho nitro benzene ring substituents is 1. The second-order valence-electron chi connectivity index (χ2n) is 4.55. The molecular weight excluding hydrogens is 274 g/mol. The quantitative estimate of drug-likeness (QED) is 0.474. The maximum atomic E-state index is 12.0. The third-order valence-corrected chi connectivity index (χ3v) is 3.01. The second kappa shape index (κ2) is 6.60. The Hall–Kier alpha value is -2.77. The van der Waals surface area contributed by atoms with Crippen molar-refractivity contribution in [2.45, 2.75) is 19.8 Å². The summed E-state index contributed by atoms with van der Waals surface area (Å²) in [7, 11) is 0. The number of hydrogen-bond donors (Lipinski definition) is 2. The van der Waals surface area contributed by atoms with Gasteiger partial charge in [-0.25, -0.2) is 4.98 Å². The molecule has 2 aromatic rings. The van der Waals surface area contributed by atoms with Crippen LogP contribution in [0, 0.1) is 17.0 Å². The van der Waals surface area contributed by atoms with Gasteiger partial charge in [-0.05, 0) is 25.0 Å². The number of H-pyrrole nitrogens is 1. The first-order valence-corrected chi connectivity index (χ1v) is 6.45. The van der Waals surface area contributed by atoms with Gasteiger partial charge in [-0.15, -0.1) is 0 Å². The predicted molar refractivity (Wildman–Crippen MR) is 74.9 cm³/mol. The van der Waals surface area contributed by atoms with Gasteiger partial charge >= 0.3 is 0 Å². The second-order valence-corrected chi connectivity index (χ2v) is 4.55. The lowest BCUT2D eigenvalue weighted by molar-refractivity contribution is -0.384. The van der Waals surface area contributed by atoms with Crippen LogP contribution in [0.5, 0.6) is 0 Å². The lowest BCUT2D eigenvalue weighted by Crippen LogP contribution is -2.25. The van der Waals surface area contributed by atoms with Crippen LogP contribution in [-0.2, 0) is 6.42 Å². The summed E-state index contributed by atoms with van der Waals surface area (Å²) in [4.78, 5) is 26.1. The smallest absolute Gasteiger partial charge is 0.269 e. The van der Waals surface area contributed by atoms with E-state index in [9.17, 15) is 14.9 Å². The summed E-state index contributed by atoms with van der Waals surface area (Å²) in [6.07, 6.45) is 2.86. The molecule has 0 atom stereocenters. The molecule has 0 aliphatic rings. The molecule has 0 saturated carbocycles. The molecule has 2 N–H and O–H groups in total. The summed E-state index contributed by atoms with van der Waals surface area (Å²) in [5.41, 5.74) is 1.01. The van der Waals surface area contributed by atoms with Gasteiger partial charge in [-0.1, -0.05) is 0 Å². The van der Waals surface area contributed by atoms with Gasteiger partial charge in [0, 0.05) is 30.7 Å². The Kier molecular flexibility index (Phi) is 4.60. The van der Waals surface area contributed by atoms with Crippen molar-refractivity contribution in [3.05, 3.63) is 51.6 Å². The number of nitrogens with one attached hydrogen (secondary N) is 2. The first-order valence-electron chi connectivity index (χ1n) is 6.45. The van der Waals surface area contributed by atoms with Crippen LogP contribution in [0.3, 0.4) is 0 Å². The van der Waals surface area contributed by atoms with Crippen LogP contribution in [-0.4, -0.2) is 32.6 Å². The van der Waals surface area contributed by atoms with Gasteiger partial charge in [-0.3, -0.25) is 20.0 Å². The van der Waals surface area contributed by atoms with Crippen molar-refractivity contribution >= 4 is 11.6 Å². The number of aromatic amines is 1. The van der Waals surface area contributed by atoms with E-state index in [1.54, 1.807) is 6.92 Å². The van der Waals surface area contributed by atoms with Crippen LogP contribution in [0.25, 0.3) is 0 Å². The third kappa shape index (κ3) is 3.85. The number of nitro benzene ring substituents is 1. The van der Waals surface area contributed by atoms with E-state index < -0.39 is 4.92 Å². The lowest BCUT2D eigenvalue weighted by Gasteiger charge is -2.07. The molecule has 21 heavy (non-hydrogen) atoms. The average Bonchev–Trinajstić information content (AvgIpc) is 2.96. The molecule has 0 fully saturated rings. The van der Waals surface area contributed by atoms with E-state index in [4.69, 9.17) is 0 Å². The molecule has 1 heterocycles. The fraction of sp³-hybridized carbons (Fsp3) is 0.308. The minimum Gasteiger partial charge on any atom is -0.352 e. The molecule has 0 aliphatic carbocycles. The van der Waals surface area contributed by atoms with Gasteiger partial charge in [0.2, 0.25) is 0 Å². The minimum absolute atomic E-state index is 0.0191. The Morgan fingerprint density at radius 3 is 2.90 bits per heavy atom. The van der Waals surface area contributed by atoms with Crippen molar-refractivity contribution in [2.75, 3.05) is 6.54 Å². The Morgan fingerprint density at radius 2 is 2.29 bits per heavy atom. The number of benzene rings is 1. The highest BCUT2D eigenvalue weighted by atomic mass is 16.6. The van der Waals surface area contributed by atoms with E-state index in [2.05, 4.69) is 20.5 Å². The van der Waals surface area contributed by atoms with Gasteiger partial charge in [0.25, 0.3) is 11.6 Å². The lowest BCUT2D eigenvalue weighted by atomic mass is 10.1. The number of nitro groups is 1. The molecule has 0 unspecified atom stereocenters. The Bertz CT molecular complexity index is 639. The number of carbonyl (C=O) groups is 1. The van der Waals surface area contributed by atoms with E-state index in [1.165, 1.54) is 24.5 Å². The number of aryl methyl sites for hydroxylation is 2. The van der Waals surface area contributed by atoms with E-state index in [0.717, 1.165) is 12.2 Å². The van der Waals surface area contributed by atoms with Gasteiger partial charge in [-0.2, -0.15) is 5.10 Å². The normalized spacial score (nSPS) is 10.3. The maximum absolute atomic E-state index is 12.0. The topological polar surface area (TPSA) is 114 Å². The molecule has 2 rings (SSSR count). The van der Waals surface area contributed by atoms with E-state index in [0.29, 0.717) is 24.1 Å². The van der Waals surface area contributed by atoms with Crippen molar-refractivity contribution < 1.29 is 9.72 Å². The number of carbonyl (C=O) groups excluding carboxylic acids is 1. The van der Waals surface area contributed by atoms with Gasteiger partial charge < -0.3 is 5.32 Å². The fourth-order valence-electron chi connectivity index (χ4n) is 1.92. The molecule has 0 bridgehead atoms. The number of rotatable bonds is 6. The molecule has 8 heteroatoms. The van der Waals surface area contributed by atoms with E-state index >= 15 is 0 Å². The highest BCUT2D eigenvalue weighted by Gasteiger charge is 2.13. The van der Waals surface area contributed by atoms with Crippen molar-refractivity contribution in [3.8, 4) is 0 Å². The van der Waals surface area contributed by atoms with Gasteiger partial charge in [0.05, 0.1) is 4.92 Å². The van der Waals surface area contributed by atoms with Crippen molar-refractivity contribution in [3.63, 3.8) is 0 Å². The van der Waals surface area contributed by atoms with Crippen LogP contribution in [0.15, 0.2) is 24.5 Å². The summed E-state index contributed by atoms with van der Waals surface area (Å²) >= 11 is 0. The zero-order valence-corrected chi connectivity index (χ0v) is 11.5. The zero-order valence-electron chi connectivity index (χ0n) is 11.5. The zero-order chi connectivity index (χ0) is 15.2. The first kappa shape index (κ1) is 14.6. The van der Waals surface area contributed by atoms with Crippen LogP contribution in [0.2, 0.25) is 0 Å². The predicted octanol–water partition coefficient (Wildman–Crippen LogP) is 1.38. The standard InChI is InChI=1S/C13H15N5O3/c1-9-7-10(18(20)21)4-5-11(9)13(19)14-6-2-3-12-15-8-16-17-12/h4-5,7-8H,2-3,6H2,1H3,(H,14,19)(H,15,16,17). The molecule has 0 spiro atoms. The monoisotopic (exact) mass is 289 g/mol. The van der Waals surface area contributed by atoms with Crippen molar-refractivity contribution in [1.29, 1.82) is 0 Å². The van der Waals surface area contributed by atoms with Crippen LogP contribution < -0.4 is 5.32 Å². The van der Waals surface area contributed by atoms with Crippen LogP contribution in [0.4, 0.5) is 5.69 Å². The molecule has 0 saturated heterocycles. The minimum atomic E-state index is -0.480. The number of aromatic nitrogens is 3. The highest BCUT2D eigenvalue weighted by Crippen LogP contribution is 2.16. The molecule has 1 aromatic carbocycles. The Balaban J connectivity index is 1.87. The summed E-state index contributed by atoms with van der Waals surface area (Å²) in [5.74, 6) is 0.538. The number of nitrogens with zero attached hydrogens (tertiary/aromatic N) is 3. The molecule has 8 nitrogen and oxygen atoms in total. The molecular formula is C13H15N5O3. The Labute approximate surface area is 120 Å². The molecule has 110 valence electrons. The summed E-state index contributed by atoms with van der Waals surface area (Å²) < 4.78 is 0. The van der Waals surface area contributed by atoms with Gasteiger partial charge in [0.1, 0.15) is 12.2 Å². The van der Waals surface area contributed by atoms with Crippen LogP contribution in [0.1, 0.15) is 28.2 Å². The fourth-order valence-corrected chi connectivity index (χ4v) is 1.92. The third-order valence-electron chi connectivity index (χ3n) is 3.01. The SMILES string of the molecule is Cc1cc([N+](=O)[O-])ccc1C(=O)NCCCc1ncn[nH]1. The van der Waals surface area contributed by atoms with Gasteiger partial charge in [0.15, 0.2) is 0 Å². The number of hydrogen-bond acceptors (Lipinski definition) is 5. The van der Waals surface area contributed by atoms with Crippen molar-refractivity contribution in [1.82, 2.24) is 20.5 Å². The Morgan fingerprint density at radius 1 is 1.48 bits per heavy atom. The van der Waals surface area contributed by atoms with Crippen molar-refractivity contribution in [2.24, 2.45) is 0 Å². The average molecular weight is 289 g/mol. The molecule has 0 aliphatic heterocycles. The summed E-state index contributed by atoms with van der Waals surface area (Å²) in [6, 6.07) is 4.19. The van der Waals surface area contributed by atoms with E-state index in [1.807, 2.05) is 0 Å². The van der Waals surface area contributed by atoms with E-state index in [-0.39, 0.29) is 11.6 Å².